The minimum absolute atomic E-state index is 0.873. The van der Waals surface area contributed by atoms with Crippen LogP contribution in [0.1, 0.15) is 18.1 Å². The summed E-state index contributed by atoms with van der Waals surface area (Å²) in [4.78, 5) is 10.1. The molecule has 0 atom stereocenters. The zero-order valence-electron chi connectivity index (χ0n) is 29.2. The van der Waals surface area contributed by atoms with Gasteiger partial charge in [-0.1, -0.05) is 146 Å². The molecule has 0 radical (unpaired) electrons. The van der Waals surface area contributed by atoms with Crippen LogP contribution in [0.25, 0.3) is 82.1 Å². The molecule has 4 nitrogen and oxygen atoms in total. The van der Waals surface area contributed by atoms with Crippen LogP contribution in [-0.2, 0) is 0 Å². The monoisotopic (exact) mass is 678 g/mol. The van der Waals surface area contributed by atoms with Crippen LogP contribution in [0.3, 0.4) is 0 Å². The molecule has 0 aliphatic carbocycles. The third-order valence-corrected chi connectivity index (χ3v) is 10.6. The maximum absolute atomic E-state index is 5.21. The number of benzene rings is 7. The van der Waals surface area contributed by atoms with Gasteiger partial charge in [-0.2, -0.15) is 0 Å². The third kappa shape index (κ3) is 4.77. The van der Waals surface area contributed by atoms with Gasteiger partial charge in [-0.3, -0.25) is 4.99 Å². The van der Waals surface area contributed by atoms with Gasteiger partial charge in [-0.25, -0.2) is 4.98 Å². The molecule has 0 amide bonds. The maximum Gasteiger partial charge on any atom is 0.137 e. The largest absolute Gasteiger partial charge is 0.306 e. The van der Waals surface area contributed by atoms with Gasteiger partial charge in [0, 0.05) is 50.6 Å². The fourth-order valence-electron chi connectivity index (χ4n) is 8.16. The number of allylic oxidation sites excluding steroid dienone is 2. The first-order valence-corrected chi connectivity index (χ1v) is 17.9. The van der Waals surface area contributed by atoms with Gasteiger partial charge in [-0.15, -0.1) is 0 Å². The van der Waals surface area contributed by atoms with Crippen molar-refractivity contribution in [2.24, 2.45) is 4.99 Å². The third-order valence-electron chi connectivity index (χ3n) is 10.6. The topological polar surface area (TPSA) is 35.1 Å². The van der Waals surface area contributed by atoms with E-state index in [0.29, 0.717) is 0 Å². The van der Waals surface area contributed by atoms with Crippen LogP contribution in [0.4, 0.5) is 0 Å². The van der Waals surface area contributed by atoms with E-state index in [4.69, 9.17) is 16.6 Å². The number of fused-ring (bicyclic) bond motifs is 13. The van der Waals surface area contributed by atoms with Crippen LogP contribution in [0.2, 0.25) is 0 Å². The number of pyridine rings is 1. The van der Waals surface area contributed by atoms with Crippen molar-refractivity contribution < 1.29 is 0 Å². The molecule has 10 aromatic rings. The predicted molar refractivity (Wildman–Crippen MR) is 225 cm³/mol. The Morgan fingerprint density at radius 2 is 1.04 bits per heavy atom. The van der Waals surface area contributed by atoms with Gasteiger partial charge in [0.05, 0.1) is 28.4 Å². The second-order valence-electron chi connectivity index (χ2n) is 13.5. The van der Waals surface area contributed by atoms with E-state index in [0.717, 1.165) is 55.9 Å². The minimum Gasteiger partial charge on any atom is -0.306 e. The molecule has 7 aromatic carbocycles. The van der Waals surface area contributed by atoms with Crippen LogP contribution in [0, 0.1) is 0 Å². The molecule has 4 heteroatoms. The average molecular weight is 679 g/mol. The number of nitrogens with zero attached hydrogens (tertiary/aromatic N) is 4. The molecule has 250 valence electrons. The van der Waals surface area contributed by atoms with Crippen molar-refractivity contribution in [1.29, 1.82) is 0 Å². The van der Waals surface area contributed by atoms with Gasteiger partial charge in [-0.05, 0) is 57.8 Å². The number of hydrogen-bond acceptors (Lipinski definition) is 2. The summed E-state index contributed by atoms with van der Waals surface area (Å²) < 4.78 is 4.71. The highest BCUT2D eigenvalue weighted by molar-refractivity contribution is 6.40. The molecule has 0 fully saturated rings. The molecule has 3 aromatic heterocycles. The Kier molecular flexibility index (Phi) is 7.15. The molecule has 0 saturated carbocycles. The summed E-state index contributed by atoms with van der Waals surface area (Å²) in [6, 6.07) is 55.6. The fraction of sp³-hybridized carbons (Fsp3) is 0.0204. The van der Waals surface area contributed by atoms with Gasteiger partial charge >= 0.3 is 0 Å². The Labute approximate surface area is 306 Å². The SMILES string of the molecule is C=C(/C(=C\N=C(C)c1ccccc1)n1c2c3ccccc3c3ccccc3c2c2c3c(ccn3-c3ccccn3)c3ccccc3c21)c1ccccc1. The molecule has 0 saturated heterocycles. The van der Waals surface area contributed by atoms with Crippen molar-refractivity contribution in [3.63, 3.8) is 0 Å². The first-order valence-electron chi connectivity index (χ1n) is 17.9. The summed E-state index contributed by atoms with van der Waals surface area (Å²) in [6.07, 6.45) is 6.05. The lowest BCUT2D eigenvalue weighted by Gasteiger charge is -2.18. The molecule has 0 aliphatic rings. The van der Waals surface area contributed by atoms with Crippen molar-refractivity contribution in [2.45, 2.75) is 6.92 Å². The molecule has 0 aliphatic heterocycles. The molecule has 10 rings (SSSR count). The van der Waals surface area contributed by atoms with Crippen LogP contribution in [-0.4, -0.2) is 19.8 Å². The zero-order valence-corrected chi connectivity index (χ0v) is 29.2. The summed E-state index contributed by atoms with van der Waals surface area (Å²) in [5.74, 6) is 0.873. The van der Waals surface area contributed by atoms with E-state index < -0.39 is 0 Å². The molecule has 0 unspecified atom stereocenters. The highest BCUT2D eigenvalue weighted by atomic mass is 15.1. The molecule has 0 N–H and O–H groups in total. The van der Waals surface area contributed by atoms with Gasteiger partial charge in [0.1, 0.15) is 5.82 Å². The first-order chi connectivity index (χ1) is 26.2. The van der Waals surface area contributed by atoms with E-state index in [9.17, 15) is 0 Å². The van der Waals surface area contributed by atoms with Crippen LogP contribution >= 0.6 is 0 Å². The average Bonchev–Trinajstić information content (AvgIpc) is 3.83. The van der Waals surface area contributed by atoms with Gasteiger partial charge in [0.25, 0.3) is 0 Å². The predicted octanol–water partition coefficient (Wildman–Crippen LogP) is 12.6. The summed E-state index contributed by atoms with van der Waals surface area (Å²) >= 11 is 0. The van der Waals surface area contributed by atoms with E-state index in [1.54, 1.807) is 0 Å². The number of rotatable bonds is 6. The van der Waals surface area contributed by atoms with Crippen molar-refractivity contribution in [1.82, 2.24) is 14.1 Å². The second kappa shape index (κ2) is 12.3. The van der Waals surface area contributed by atoms with E-state index in [2.05, 4.69) is 162 Å². The van der Waals surface area contributed by atoms with Crippen molar-refractivity contribution in [3.05, 3.63) is 194 Å². The van der Waals surface area contributed by atoms with E-state index in [1.165, 1.54) is 43.1 Å². The summed E-state index contributed by atoms with van der Waals surface area (Å²) in [6.45, 7) is 6.88. The van der Waals surface area contributed by atoms with Crippen molar-refractivity contribution in [3.8, 4) is 5.82 Å². The van der Waals surface area contributed by atoms with E-state index in [-0.39, 0.29) is 0 Å². The molecule has 0 spiro atoms. The Morgan fingerprint density at radius 3 is 1.68 bits per heavy atom. The lowest BCUT2D eigenvalue weighted by Crippen LogP contribution is -2.02. The molecule has 0 bridgehead atoms. The Bertz CT molecular complexity index is 3110. The molecular weight excluding hydrogens is 645 g/mol. The minimum atomic E-state index is 0.873. The smallest absolute Gasteiger partial charge is 0.137 e. The van der Waals surface area contributed by atoms with Gasteiger partial charge < -0.3 is 9.13 Å². The highest BCUT2D eigenvalue weighted by Gasteiger charge is 2.26. The highest BCUT2D eigenvalue weighted by Crippen LogP contribution is 2.49. The maximum atomic E-state index is 5.21. The lowest BCUT2D eigenvalue weighted by atomic mass is 9.95. The van der Waals surface area contributed by atoms with Crippen LogP contribution in [0.15, 0.2) is 188 Å². The summed E-state index contributed by atoms with van der Waals surface area (Å²) in [5, 5.41) is 10.7. The Morgan fingerprint density at radius 1 is 0.528 bits per heavy atom. The quantitative estimate of drug-likeness (QED) is 0.0979. The molecular formula is C49H34N4. The van der Waals surface area contributed by atoms with Crippen LogP contribution < -0.4 is 0 Å². The Hall–Kier alpha value is -7.04. The number of aliphatic imine (C=N–C) groups is 1. The zero-order chi connectivity index (χ0) is 35.5. The summed E-state index contributed by atoms with van der Waals surface area (Å²) in [5.41, 5.74) is 8.18. The van der Waals surface area contributed by atoms with Crippen molar-refractivity contribution >= 4 is 82.0 Å². The standard InChI is InChI=1S/C49H34N4/c1-32(34-17-5-3-6-18-34)43(31-51-33(2)35-19-7-4-8-20-35)53-48-40-25-13-10-22-37(40)36-21-9-12-24-39(36)45(48)46-47-42(38-23-11-14-26-41(38)49(46)53)28-30-52(47)44-27-15-16-29-50-44/h3-31H,1H2,2H3/b43-31+,51-33?. The normalized spacial score (nSPS) is 12.5. The molecule has 3 heterocycles. The molecule has 53 heavy (non-hydrogen) atoms. The number of hydrogen-bond donors (Lipinski definition) is 0. The second-order valence-corrected chi connectivity index (χ2v) is 13.5. The fourth-order valence-corrected chi connectivity index (χ4v) is 8.16. The van der Waals surface area contributed by atoms with Crippen molar-refractivity contribution in [2.75, 3.05) is 0 Å². The van der Waals surface area contributed by atoms with E-state index >= 15 is 0 Å². The Balaban J connectivity index is 1.49. The number of aromatic nitrogens is 3. The van der Waals surface area contributed by atoms with E-state index in [1.807, 2.05) is 30.6 Å². The summed E-state index contributed by atoms with van der Waals surface area (Å²) in [7, 11) is 0. The van der Waals surface area contributed by atoms with Crippen LogP contribution in [0.5, 0.6) is 0 Å². The van der Waals surface area contributed by atoms with Gasteiger partial charge in [0.15, 0.2) is 0 Å². The first kappa shape index (κ1) is 30.8. The lowest BCUT2D eigenvalue weighted by molar-refractivity contribution is 1.05. The van der Waals surface area contributed by atoms with Gasteiger partial charge in [0.2, 0.25) is 0 Å².